The Kier molecular flexibility index (Phi) is 5.80. The molecule has 128 valence electrons. The van der Waals surface area contributed by atoms with Crippen LogP contribution in [0.5, 0.6) is 5.75 Å². The molecule has 24 heavy (non-hydrogen) atoms. The molecular weight excluding hydrogens is 381 g/mol. The summed E-state index contributed by atoms with van der Waals surface area (Å²) >= 11 is 3.34. The van der Waals surface area contributed by atoms with E-state index in [1.165, 1.54) is 12.1 Å². The Morgan fingerprint density at radius 1 is 1.29 bits per heavy atom. The van der Waals surface area contributed by atoms with E-state index in [4.69, 9.17) is 4.74 Å². The molecule has 0 aliphatic rings. The van der Waals surface area contributed by atoms with Crippen LogP contribution in [0.2, 0.25) is 0 Å². The number of benzene rings is 2. The standard InChI is InChI=1S/C17H17BrFNO4/c1-10-7-14(19)16(8-11(10)2)24-9-12-13(18)5-4-6-15(12)20(22)17(21)23-3/h4-8,22H,9H2,1-3H3. The molecule has 0 fully saturated rings. The molecule has 5 nitrogen and oxygen atoms in total. The maximum atomic E-state index is 14.0. The molecule has 0 heterocycles. The zero-order valence-corrected chi connectivity index (χ0v) is 15.1. The molecule has 0 spiro atoms. The fraction of sp³-hybridized carbons (Fsp3) is 0.235. The first kappa shape index (κ1) is 18.2. The van der Waals surface area contributed by atoms with Gasteiger partial charge in [0.1, 0.15) is 6.61 Å². The van der Waals surface area contributed by atoms with Gasteiger partial charge in [-0.3, -0.25) is 5.21 Å². The summed E-state index contributed by atoms with van der Waals surface area (Å²) < 4.78 is 24.7. The molecule has 1 N–H and O–H groups in total. The van der Waals surface area contributed by atoms with Gasteiger partial charge in [-0.2, -0.15) is 5.06 Å². The van der Waals surface area contributed by atoms with E-state index in [9.17, 15) is 14.4 Å². The summed E-state index contributed by atoms with van der Waals surface area (Å²) in [6.45, 7) is 3.62. The van der Waals surface area contributed by atoms with Crippen LogP contribution in [0.25, 0.3) is 0 Å². The summed E-state index contributed by atoms with van der Waals surface area (Å²) in [6, 6.07) is 7.91. The van der Waals surface area contributed by atoms with Crippen molar-refractivity contribution in [1.82, 2.24) is 0 Å². The van der Waals surface area contributed by atoms with Gasteiger partial charge >= 0.3 is 6.09 Å². The normalized spacial score (nSPS) is 10.4. The van der Waals surface area contributed by atoms with Crippen molar-refractivity contribution in [1.29, 1.82) is 0 Å². The number of aryl methyl sites for hydroxylation is 2. The maximum Gasteiger partial charge on any atom is 0.438 e. The lowest BCUT2D eigenvalue weighted by Crippen LogP contribution is -2.28. The molecule has 0 atom stereocenters. The van der Waals surface area contributed by atoms with Crippen LogP contribution in [-0.2, 0) is 11.3 Å². The molecule has 1 amide bonds. The molecule has 2 aromatic carbocycles. The van der Waals surface area contributed by atoms with Crippen LogP contribution in [0.3, 0.4) is 0 Å². The predicted molar refractivity (Wildman–Crippen MR) is 91.0 cm³/mol. The van der Waals surface area contributed by atoms with Crippen LogP contribution in [-0.4, -0.2) is 18.4 Å². The molecule has 0 bridgehead atoms. The molecule has 0 saturated carbocycles. The van der Waals surface area contributed by atoms with Gasteiger partial charge in [-0.15, -0.1) is 0 Å². The Bertz CT molecular complexity index is 766. The van der Waals surface area contributed by atoms with Crippen molar-refractivity contribution in [2.45, 2.75) is 20.5 Å². The highest BCUT2D eigenvalue weighted by Crippen LogP contribution is 2.30. The number of hydrogen-bond donors (Lipinski definition) is 1. The van der Waals surface area contributed by atoms with E-state index in [1.807, 2.05) is 13.8 Å². The number of rotatable bonds is 4. The van der Waals surface area contributed by atoms with Gasteiger partial charge in [0.15, 0.2) is 11.6 Å². The minimum Gasteiger partial charge on any atom is -0.486 e. The van der Waals surface area contributed by atoms with Crippen LogP contribution < -0.4 is 9.80 Å². The number of ether oxygens (including phenoxy) is 2. The van der Waals surface area contributed by atoms with E-state index < -0.39 is 11.9 Å². The number of nitrogens with zero attached hydrogens (tertiary/aromatic N) is 1. The molecule has 0 radical (unpaired) electrons. The average Bonchev–Trinajstić information content (AvgIpc) is 2.56. The molecule has 0 aliphatic heterocycles. The predicted octanol–water partition coefficient (Wildman–Crippen LogP) is 4.75. The lowest BCUT2D eigenvalue weighted by Gasteiger charge is -2.19. The summed E-state index contributed by atoms with van der Waals surface area (Å²) in [5.41, 5.74) is 2.38. The van der Waals surface area contributed by atoms with Crippen LogP contribution in [0.4, 0.5) is 14.9 Å². The fourth-order valence-electron chi connectivity index (χ4n) is 2.09. The van der Waals surface area contributed by atoms with Gasteiger partial charge in [0.05, 0.1) is 12.8 Å². The van der Waals surface area contributed by atoms with Crippen molar-refractivity contribution in [3.8, 4) is 5.75 Å². The van der Waals surface area contributed by atoms with Crippen LogP contribution in [0.15, 0.2) is 34.8 Å². The van der Waals surface area contributed by atoms with E-state index in [0.717, 1.165) is 18.2 Å². The van der Waals surface area contributed by atoms with Crippen LogP contribution >= 0.6 is 15.9 Å². The minimum absolute atomic E-state index is 0.0514. The highest BCUT2D eigenvalue weighted by atomic mass is 79.9. The number of amides is 1. The Morgan fingerprint density at radius 2 is 1.96 bits per heavy atom. The first-order valence-electron chi connectivity index (χ1n) is 7.09. The average molecular weight is 398 g/mol. The smallest absolute Gasteiger partial charge is 0.438 e. The second kappa shape index (κ2) is 7.63. The van der Waals surface area contributed by atoms with E-state index in [2.05, 4.69) is 20.7 Å². The van der Waals surface area contributed by atoms with Crippen molar-refractivity contribution in [2.24, 2.45) is 0 Å². The first-order chi connectivity index (χ1) is 11.3. The number of halogens is 2. The highest BCUT2D eigenvalue weighted by Gasteiger charge is 2.19. The zero-order valence-electron chi connectivity index (χ0n) is 13.5. The molecule has 0 saturated heterocycles. The Labute approximate surface area is 147 Å². The number of carbonyl (C=O) groups excluding carboxylic acids is 1. The molecule has 0 aliphatic carbocycles. The van der Waals surface area contributed by atoms with E-state index >= 15 is 0 Å². The third-order valence-electron chi connectivity index (χ3n) is 3.59. The van der Waals surface area contributed by atoms with Gasteiger partial charge in [-0.1, -0.05) is 22.0 Å². The number of hydrogen-bond acceptors (Lipinski definition) is 4. The topological polar surface area (TPSA) is 59.0 Å². The highest BCUT2D eigenvalue weighted by molar-refractivity contribution is 9.10. The Morgan fingerprint density at radius 3 is 2.62 bits per heavy atom. The minimum atomic E-state index is -0.938. The molecule has 2 rings (SSSR count). The van der Waals surface area contributed by atoms with Gasteiger partial charge in [0.25, 0.3) is 0 Å². The summed E-state index contributed by atoms with van der Waals surface area (Å²) in [7, 11) is 1.16. The van der Waals surface area contributed by atoms with Crippen molar-refractivity contribution in [3.63, 3.8) is 0 Å². The SMILES string of the molecule is COC(=O)N(O)c1cccc(Br)c1COc1cc(C)c(C)cc1F. The monoisotopic (exact) mass is 397 g/mol. The van der Waals surface area contributed by atoms with Gasteiger partial charge in [0, 0.05) is 10.0 Å². The second-order valence-corrected chi connectivity index (χ2v) is 6.03. The van der Waals surface area contributed by atoms with Crippen molar-refractivity contribution >= 4 is 27.7 Å². The number of anilines is 1. The zero-order chi connectivity index (χ0) is 17.9. The van der Waals surface area contributed by atoms with Gasteiger partial charge in [-0.05, 0) is 49.2 Å². The lowest BCUT2D eigenvalue weighted by molar-refractivity contribution is 0.140. The lowest BCUT2D eigenvalue weighted by atomic mass is 10.1. The maximum absolute atomic E-state index is 14.0. The quantitative estimate of drug-likeness (QED) is 0.597. The molecular formula is C17H17BrFNO4. The largest absolute Gasteiger partial charge is 0.486 e. The number of hydroxylamine groups is 1. The number of methoxy groups -OCH3 is 1. The summed E-state index contributed by atoms with van der Waals surface area (Å²) in [5.74, 6) is -0.372. The third-order valence-corrected chi connectivity index (χ3v) is 4.33. The van der Waals surface area contributed by atoms with Gasteiger partial charge in [-0.25, -0.2) is 9.18 Å². The molecule has 2 aromatic rings. The molecule has 0 unspecified atom stereocenters. The summed E-state index contributed by atoms with van der Waals surface area (Å²) in [4.78, 5) is 11.5. The summed E-state index contributed by atoms with van der Waals surface area (Å²) in [6.07, 6.45) is -0.938. The number of carbonyl (C=O) groups is 1. The van der Waals surface area contributed by atoms with Crippen molar-refractivity contribution in [2.75, 3.05) is 12.2 Å². The van der Waals surface area contributed by atoms with Crippen molar-refractivity contribution in [3.05, 3.63) is 57.3 Å². The van der Waals surface area contributed by atoms with E-state index in [-0.39, 0.29) is 18.0 Å². The Balaban J connectivity index is 2.30. The molecule has 0 aromatic heterocycles. The van der Waals surface area contributed by atoms with E-state index in [1.54, 1.807) is 18.2 Å². The fourth-order valence-corrected chi connectivity index (χ4v) is 2.56. The Hall–Kier alpha value is -2.12. The third kappa shape index (κ3) is 3.85. The van der Waals surface area contributed by atoms with Crippen molar-refractivity contribution < 1.29 is 23.9 Å². The van der Waals surface area contributed by atoms with Crippen LogP contribution in [0, 0.1) is 19.7 Å². The second-order valence-electron chi connectivity index (χ2n) is 5.17. The van der Waals surface area contributed by atoms with E-state index in [0.29, 0.717) is 15.1 Å². The first-order valence-corrected chi connectivity index (χ1v) is 7.88. The van der Waals surface area contributed by atoms with Gasteiger partial charge in [0.2, 0.25) is 0 Å². The molecule has 7 heteroatoms. The van der Waals surface area contributed by atoms with Crippen LogP contribution in [0.1, 0.15) is 16.7 Å². The van der Waals surface area contributed by atoms with Gasteiger partial charge < -0.3 is 9.47 Å². The summed E-state index contributed by atoms with van der Waals surface area (Å²) in [5, 5.41) is 10.3.